The van der Waals surface area contributed by atoms with Gasteiger partial charge in [-0.15, -0.1) is 0 Å². The third-order valence-corrected chi connectivity index (χ3v) is 3.26. The topological polar surface area (TPSA) is 73.2 Å². The molecule has 0 radical (unpaired) electrons. The molecule has 22 heavy (non-hydrogen) atoms. The lowest BCUT2D eigenvalue weighted by Crippen LogP contribution is -2.33. The predicted molar refractivity (Wildman–Crippen MR) is 70.6 cm³/mol. The maximum absolute atomic E-state index is 12.7. The number of hydrogen-bond acceptors (Lipinski definition) is 4. The summed E-state index contributed by atoms with van der Waals surface area (Å²) in [5, 5.41) is 11.6. The summed E-state index contributed by atoms with van der Waals surface area (Å²) < 4.78 is 38.0. The second kappa shape index (κ2) is 6.05. The molecule has 1 heterocycles. The summed E-state index contributed by atoms with van der Waals surface area (Å²) in [5.41, 5.74) is -1.15. The molecule has 116 valence electrons. The van der Waals surface area contributed by atoms with E-state index in [4.69, 9.17) is 5.26 Å². The van der Waals surface area contributed by atoms with E-state index in [0.29, 0.717) is 5.69 Å². The van der Waals surface area contributed by atoms with Crippen LogP contribution in [0.4, 0.5) is 18.9 Å². The van der Waals surface area contributed by atoms with Crippen molar-refractivity contribution >= 4 is 17.5 Å². The summed E-state index contributed by atoms with van der Waals surface area (Å²) in [4.78, 5) is 23.9. The Bertz CT molecular complexity index is 634. The van der Waals surface area contributed by atoms with Crippen LogP contribution in [-0.2, 0) is 15.8 Å². The Kier molecular flexibility index (Phi) is 4.35. The molecule has 1 aliphatic rings. The minimum atomic E-state index is -4.59. The largest absolute Gasteiger partial charge is 0.417 e. The van der Waals surface area contributed by atoms with Gasteiger partial charge in [0.15, 0.2) is 0 Å². The Labute approximate surface area is 124 Å². The highest BCUT2D eigenvalue weighted by molar-refractivity contribution is 6.01. The second-order valence-electron chi connectivity index (χ2n) is 4.74. The molecule has 1 saturated heterocycles. The van der Waals surface area contributed by atoms with Crippen LogP contribution in [0.15, 0.2) is 18.2 Å². The van der Waals surface area contributed by atoms with Gasteiger partial charge in [0.2, 0.25) is 11.8 Å². The van der Waals surface area contributed by atoms with Crippen molar-refractivity contribution in [2.24, 2.45) is 0 Å². The quantitative estimate of drug-likeness (QED) is 0.865. The molecule has 2 amide bonds. The molecule has 0 atom stereocenters. The molecule has 1 aromatic carbocycles. The lowest BCUT2D eigenvalue weighted by molar-refractivity contribution is -0.139. The number of rotatable bonds is 4. The van der Waals surface area contributed by atoms with Gasteiger partial charge in [0, 0.05) is 31.6 Å². The number of amides is 2. The monoisotopic (exact) mass is 311 g/mol. The number of nitrogens with one attached hydrogen (secondary N) is 1. The number of carbonyl (C=O) groups excluding carboxylic acids is 2. The summed E-state index contributed by atoms with van der Waals surface area (Å²) in [6.07, 6.45) is -4.20. The van der Waals surface area contributed by atoms with Crippen molar-refractivity contribution in [1.29, 1.82) is 5.26 Å². The van der Waals surface area contributed by atoms with Crippen LogP contribution in [0.5, 0.6) is 0 Å². The maximum Gasteiger partial charge on any atom is 0.417 e. The first-order valence-electron chi connectivity index (χ1n) is 6.51. The van der Waals surface area contributed by atoms with Crippen LogP contribution in [0.2, 0.25) is 0 Å². The number of likely N-dealkylation sites (tertiary alicyclic amines) is 1. The van der Waals surface area contributed by atoms with Crippen LogP contribution in [0.25, 0.3) is 0 Å². The van der Waals surface area contributed by atoms with E-state index < -0.39 is 17.3 Å². The Morgan fingerprint density at radius 3 is 2.41 bits per heavy atom. The molecule has 1 N–H and O–H groups in total. The molecule has 2 rings (SSSR count). The summed E-state index contributed by atoms with van der Waals surface area (Å²) >= 11 is 0. The van der Waals surface area contributed by atoms with Crippen LogP contribution < -0.4 is 5.32 Å². The number of hydrogen-bond donors (Lipinski definition) is 1. The zero-order valence-electron chi connectivity index (χ0n) is 11.4. The third-order valence-electron chi connectivity index (χ3n) is 3.26. The molecular formula is C14H12F3N3O2. The van der Waals surface area contributed by atoms with Gasteiger partial charge in [-0.25, -0.2) is 0 Å². The van der Waals surface area contributed by atoms with Gasteiger partial charge < -0.3 is 5.32 Å². The summed E-state index contributed by atoms with van der Waals surface area (Å²) in [6.45, 7) is 0.342. The third kappa shape index (κ3) is 3.36. The van der Waals surface area contributed by atoms with Crippen LogP contribution in [0, 0.1) is 11.3 Å². The zero-order chi connectivity index (χ0) is 16.3. The van der Waals surface area contributed by atoms with Gasteiger partial charge in [-0.2, -0.15) is 18.4 Å². The first kappa shape index (κ1) is 15.8. The Morgan fingerprint density at radius 2 is 1.86 bits per heavy atom. The van der Waals surface area contributed by atoms with Crippen LogP contribution >= 0.6 is 0 Å². The van der Waals surface area contributed by atoms with Crippen LogP contribution in [0.1, 0.15) is 24.0 Å². The number of imide groups is 1. The molecule has 0 unspecified atom stereocenters. The fourth-order valence-electron chi connectivity index (χ4n) is 2.18. The van der Waals surface area contributed by atoms with Crippen molar-refractivity contribution in [3.05, 3.63) is 29.3 Å². The highest BCUT2D eigenvalue weighted by atomic mass is 19.4. The number of nitriles is 1. The van der Waals surface area contributed by atoms with Crippen molar-refractivity contribution in [2.75, 3.05) is 18.4 Å². The SMILES string of the molecule is N#Cc1cc(NCCN2C(=O)CCC2=O)ccc1C(F)(F)F. The number of anilines is 1. The van der Waals surface area contributed by atoms with Gasteiger partial charge in [0.25, 0.3) is 0 Å². The molecule has 0 bridgehead atoms. The lowest BCUT2D eigenvalue weighted by atomic mass is 10.1. The van der Waals surface area contributed by atoms with E-state index in [1.807, 2.05) is 0 Å². The Balaban J connectivity index is 2.01. The van der Waals surface area contributed by atoms with E-state index >= 15 is 0 Å². The van der Waals surface area contributed by atoms with E-state index in [-0.39, 0.29) is 37.7 Å². The number of carbonyl (C=O) groups is 2. The fraction of sp³-hybridized carbons (Fsp3) is 0.357. The minimum absolute atomic E-state index is 0.139. The van der Waals surface area contributed by atoms with Crippen LogP contribution in [0.3, 0.4) is 0 Å². The van der Waals surface area contributed by atoms with Crippen LogP contribution in [-0.4, -0.2) is 29.8 Å². The normalized spacial score (nSPS) is 15.1. The van der Waals surface area contributed by atoms with Gasteiger partial charge in [0.1, 0.15) is 0 Å². The van der Waals surface area contributed by atoms with E-state index in [0.717, 1.165) is 17.0 Å². The summed E-state index contributed by atoms with van der Waals surface area (Å²) in [7, 11) is 0. The average molecular weight is 311 g/mol. The van der Waals surface area contributed by atoms with Gasteiger partial charge >= 0.3 is 6.18 Å². The molecule has 8 heteroatoms. The van der Waals surface area contributed by atoms with Crippen molar-refractivity contribution in [2.45, 2.75) is 19.0 Å². The van der Waals surface area contributed by atoms with Crippen molar-refractivity contribution < 1.29 is 22.8 Å². The molecule has 1 fully saturated rings. The Morgan fingerprint density at radius 1 is 1.23 bits per heavy atom. The molecular weight excluding hydrogens is 299 g/mol. The molecule has 0 aromatic heterocycles. The van der Waals surface area contributed by atoms with Crippen molar-refractivity contribution in [3.63, 3.8) is 0 Å². The Hall–Kier alpha value is -2.56. The second-order valence-corrected chi connectivity index (χ2v) is 4.74. The van der Waals surface area contributed by atoms with E-state index in [2.05, 4.69) is 5.32 Å². The number of halogens is 3. The van der Waals surface area contributed by atoms with E-state index in [1.165, 1.54) is 12.1 Å². The summed E-state index contributed by atoms with van der Waals surface area (Å²) in [5.74, 6) is -0.506. The predicted octanol–water partition coefficient (Wildman–Crippen LogP) is 2.14. The fourth-order valence-corrected chi connectivity index (χ4v) is 2.18. The zero-order valence-corrected chi connectivity index (χ0v) is 11.4. The summed E-state index contributed by atoms with van der Waals surface area (Å²) in [6, 6.07) is 4.64. The molecule has 0 spiro atoms. The van der Waals surface area contributed by atoms with Gasteiger partial charge in [-0.05, 0) is 18.2 Å². The highest BCUT2D eigenvalue weighted by Crippen LogP contribution is 2.32. The standard InChI is InChI=1S/C14H12F3N3O2/c15-14(16,17)11-2-1-10(7-9(11)8-18)19-5-6-20-12(21)3-4-13(20)22/h1-2,7,19H,3-6H2. The smallest absolute Gasteiger partial charge is 0.383 e. The average Bonchev–Trinajstić information content (AvgIpc) is 2.77. The van der Waals surface area contributed by atoms with Gasteiger partial charge in [-0.3, -0.25) is 14.5 Å². The highest BCUT2D eigenvalue weighted by Gasteiger charge is 2.33. The number of alkyl halides is 3. The van der Waals surface area contributed by atoms with Crippen molar-refractivity contribution in [3.8, 4) is 6.07 Å². The molecule has 5 nitrogen and oxygen atoms in total. The first-order valence-corrected chi connectivity index (χ1v) is 6.51. The molecule has 0 aliphatic carbocycles. The number of nitrogens with zero attached hydrogens (tertiary/aromatic N) is 2. The molecule has 1 aromatic rings. The number of benzene rings is 1. The molecule has 0 saturated carbocycles. The first-order chi connectivity index (χ1) is 10.3. The minimum Gasteiger partial charge on any atom is -0.383 e. The maximum atomic E-state index is 12.7. The van der Waals surface area contributed by atoms with Gasteiger partial charge in [-0.1, -0.05) is 0 Å². The lowest BCUT2D eigenvalue weighted by Gasteiger charge is -2.15. The van der Waals surface area contributed by atoms with E-state index in [9.17, 15) is 22.8 Å². The molecule has 1 aliphatic heterocycles. The van der Waals surface area contributed by atoms with E-state index in [1.54, 1.807) is 0 Å². The van der Waals surface area contributed by atoms with Gasteiger partial charge in [0.05, 0.1) is 17.2 Å². The van der Waals surface area contributed by atoms with Crippen molar-refractivity contribution in [1.82, 2.24) is 4.90 Å².